The van der Waals surface area contributed by atoms with Crippen LogP contribution in [0.4, 0.5) is 0 Å². The molecule has 3 heteroatoms. The van der Waals surface area contributed by atoms with Gasteiger partial charge >= 0.3 is 0 Å². The third-order valence-corrected chi connectivity index (χ3v) is 4.55. The molecule has 0 atom stereocenters. The molecule has 0 saturated heterocycles. The first-order chi connectivity index (χ1) is 5.68. The number of rotatable bonds is 7. The first-order valence-corrected chi connectivity index (χ1v) is 6.62. The minimum Gasteiger partial charge on any atom is -0.381 e. The Balaban J connectivity index is 3.45. The van der Waals surface area contributed by atoms with E-state index in [-0.39, 0.29) is 0 Å². The lowest BCUT2D eigenvalue weighted by Gasteiger charge is -2.24. The van der Waals surface area contributed by atoms with Crippen molar-refractivity contribution < 1.29 is 4.74 Å². The second-order valence-corrected chi connectivity index (χ2v) is 4.56. The van der Waals surface area contributed by atoms with Crippen molar-refractivity contribution in [1.82, 2.24) is 0 Å². The first kappa shape index (κ1) is 12.9. The van der Waals surface area contributed by atoms with Crippen LogP contribution in [0, 0.1) is 5.41 Å². The van der Waals surface area contributed by atoms with Crippen LogP contribution in [-0.2, 0) is 4.74 Å². The second-order valence-electron chi connectivity index (χ2n) is 3.44. The van der Waals surface area contributed by atoms with Crippen LogP contribution >= 0.6 is 31.9 Å². The summed E-state index contributed by atoms with van der Waals surface area (Å²) < 4.78 is 5.44. The van der Waals surface area contributed by atoms with Crippen molar-refractivity contribution in [3.63, 3.8) is 0 Å². The van der Waals surface area contributed by atoms with E-state index >= 15 is 0 Å². The molecule has 0 aromatic carbocycles. The fourth-order valence-corrected chi connectivity index (χ4v) is 2.22. The van der Waals surface area contributed by atoms with E-state index < -0.39 is 0 Å². The zero-order valence-corrected chi connectivity index (χ0v) is 11.1. The average Bonchev–Trinajstić information content (AvgIpc) is 2.12. The van der Waals surface area contributed by atoms with E-state index in [1.165, 1.54) is 0 Å². The maximum atomic E-state index is 5.44. The Hall–Kier alpha value is 0.920. The lowest BCUT2D eigenvalue weighted by Crippen LogP contribution is -2.22. The molecule has 12 heavy (non-hydrogen) atoms. The molecule has 0 aliphatic heterocycles. The van der Waals surface area contributed by atoms with E-state index in [0.717, 1.165) is 36.7 Å². The molecule has 0 unspecified atom stereocenters. The fraction of sp³-hybridized carbons (Fsp3) is 1.00. The number of hydrogen-bond acceptors (Lipinski definition) is 1. The van der Waals surface area contributed by atoms with Crippen LogP contribution in [0.3, 0.4) is 0 Å². The van der Waals surface area contributed by atoms with E-state index in [9.17, 15) is 0 Å². The Morgan fingerprint density at radius 2 is 1.75 bits per heavy atom. The van der Waals surface area contributed by atoms with Crippen LogP contribution in [0.1, 0.15) is 26.7 Å². The molecule has 0 spiro atoms. The summed E-state index contributed by atoms with van der Waals surface area (Å²) in [5, 5.41) is 2.06. The van der Waals surface area contributed by atoms with Gasteiger partial charge in [0, 0.05) is 23.9 Å². The van der Waals surface area contributed by atoms with Crippen LogP contribution in [0.5, 0.6) is 0 Å². The molecule has 0 bridgehead atoms. The summed E-state index contributed by atoms with van der Waals surface area (Å²) >= 11 is 7.03. The minimum absolute atomic E-state index is 0.341. The molecule has 0 N–H and O–H groups in total. The topological polar surface area (TPSA) is 9.23 Å². The van der Waals surface area contributed by atoms with Gasteiger partial charge in [0.15, 0.2) is 0 Å². The van der Waals surface area contributed by atoms with Gasteiger partial charge in [-0.05, 0) is 18.3 Å². The van der Waals surface area contributed by atoms with Gasteiger partial charge in [0.25, 0.3) is 0 Å². The largest absolute Gasteiger partial charge is 0.381 e. The van der Waals surface area contributed by atoms with Crippen LogP contribution < -0.4 is 0 Å². The molecule has 0 radical (unpaired) electrons. The fourth-order valence-electron chi connectivity index (χ4n) is 0.734. The zero-order chi connectivity index (χ0) is 9.45. The van der Waals surface area contributed by atoms with Gasteiger partial charge in [-0.3, -0.25) is 0 Å². The Bertz CT molecular complexity index is 103. The molecule has 0 saturated carbocycles. The monoisotopic (exact) mass is 300 g/mol. The maximum Gasteiger partial charge on any atom is 0.0471 e. The number of halogens is 2. The Labute approximate surface area is 92.5 Å². The third-order valence-electron chi connectivity index (χ3n) is 1.84. The van der Waals surface area contributed by atoms with Crippen molar-refractivity contribution in [2.24, 2.45) is 5.41 Å². The molecule has 0 heterocycles. The molecule has 0 aliphatic rings. The maximum absolute atomic E-state index is 5.44. The van der Waals surface area contributed by atoms with E-state index in [4.69, 9.17) is 4.74 Å². The quantitative estimate of drug-likeness (QED) is 0.516. The van der Waals surface area contributed by atoms with E-state index in [1.54, 1.807) is 0 Å². The zero-order valence-electron chi connectivity index (χ0n) is 7.91. The van der Waals surface area contributed by atoms with Gasteiger partial charge in [-0.2, -0.15) is 0 Å². The van der Waals surface area contributed by atoms with Crippen molar-refractivity contribution in [2.75, 3.05) is 23.9 Å². The summed E-state index contributed by atoms with van der Waals surface area (Å²) in [6, 6.07) is 0. The Morgan fingerprint density at radius 3 is 2.17 bits per heavy atom. The van der Waals surface area contributed by atoms with Crippen LogP contribution in [-0.4, -0.2) is 23.9 Å². The van der Waals surface area contributed by atoms with Gasteiger partial charge in [-0.25, -0.2) is 0 Å². The van der Waals surface area contributed by atoms with Crippen LogP contribution in [0.15, 0.2) is 0 Å². The highest BCUT2D eigenvalue weighted by Crippen LogP contribution is 2.26. The highest BCUT2D eigenvalue weighted by atomic mass is 79.9. The molecule has 1 nitrogen and oxygen atoms in total. The summed E-state index contributed by atoms with van der Waals surface area (Å²) in [4.78, 5) is 0. The molecule has 74 valence electrons. The average molecular weight is 302 g/mol. The smallest absolute Gasteiger partial charge is 0.0471 e. The molecule has 0 rings (SSSR count). The van der Waals surface area contributed by atoms with Gasteiger partial charge in [-0.15, -0.1) is 0 Å². The molecule has 0 amide bonds. The molecule has 0 fully saturated rings. The van der Waals surface area contributed by atoms with Crippen molar-refractivity contribution >= 4 is 31.9 Å². The molecular formula is C9H18Br2O. The van der Waals surface area contributed by atoms with Crippen molar-refractivity contribution in [3.8, 4) is 0 Å². The lowest BCUT2D eigenvalue weighted by molar-refractivity contribution is 0.111. The van der Waals surface area contributed by atoms with Gasteiger partial charge in [0.2, 0.25) is 0 Å². The van der Waals surface area contributed by atoms with Gasteiger partial charge in [-0.1, -0.05) is 45.7 Å². The molecular weight excluding hydrogens is 284 g/mol. The van der Waals surface area contributed by atoms with E-state index in [2.05, 4.69) is 45.7 Å². The number of hydrogen-bond donors (Lipinski definition) is 0. The summed E-state index contributed by atoms with van der Waals surface area (Å²) in [6.07, 6.45) is 2.23. The SMILES string of the molecule is CCCOCCC(C)(CBr)CBr. The standard InChI is InChI=1S/C9H18Br2O/c1-3-5-12-6-4-9(2,7-10)8-11/h3-8H2,1-2H3. The highest BCUT2D eigenvalue weighted by molar-refractivity contribution is 9.09. The van der Waals surface area contributed by atoms with Crippen molar-refractivity contribution in [3.05, 3.63) is 0 Å². The third kappa shape index (κ3) is 5.55. The predicted octanol–water partition coefficient (Wildman–Crippen LogP) is 3.60. The van der Waals surface area contributed by atoms with E-state index in [0.29, 0.717) is 5.41 Å². The molecule has 0 aromatic rings. The normalized spacial score (nSPS) is 12.0. The summed E-state index contributed by atoms with van der Waals surface area (Å²) in [5.41, 5.74) is 0.341. The summed E-state index contributed by atoms with van der Waals surface area (Å²) in [7, 11) is 0. The first-order valence-electron chi connectivity index (χ1n) is 4.38. The van der Waals surface area contributed by atoms with E-state index in [1.807, 2.05) is 0 Å². The summed E-state index contributed by atoms with van der Waals surface area (Å²) in [6.45, 7) is 6.15. The highest BCUT2D eigenvalue weighted by Gasteiger charge is 2.20. The van der Waals surface area contributed by atoms with Gasteiger partial charge in [0.1, 0.15) is 0 Å². The summed E-state index contributed by atoms with van der Waals surface area (Å²) in [5.74, 6) is 0. The number of alkyl halides is 2. The van der Waals surface area contributed by atoms with Gasteiger partial charge in [0.05, 0.1) is 0 Å². The minimum atomic E-state index is 0.341. The Morgan fingerprint density at radius 1 is 1.17 bits per heavy atom. The van der Waals surface area contributed by atoms with Crippen molar-refractivity contribution in [1.29, 1.82) is 0 Å². The molecule has 0 aliphatic carbocycles. The Kier molecular flexibility index (Phi) is 7.90. The lowest BCUT2D eigenvalue weighted by atomic mass is 9.93. The van der Waals surface area contributed by atoms with Crippen molar-refractivity contribution in [2.45, 2.75) is 26.7 Å². The van der Waals surface area contributed by atoms with Gasteiger partial charge < -0.3 is 4.74 Å². The predicted molar refractivity (Wildman–Crippen MR) is 61.4 cm³/mol. The van der Waals surface area contributed by atoms with Crippen LogP contribution in [0.25, 0.3) is 0 Å². The second kappa shape index (κ2) is 7.34. The number of ether oxygens (including phenoxy) is 1. The van der Waals surface area contributed by atoms with Crippen LogP contribution in [0.2, 0.25) is 0 Å². The molecule has 0 aromatic heterocycles.